The summed E-state index contributed by atoms with van der Waals surface area (Å²) in [6, 6.07) is 1.41. The van der Waals surface area contributed by atoms with Gasteiger partial charge in [0.25, 0.3) is 0 Å². The number of nitro benzene ring substituents is 1. The van der Waals surface area contributed by atoms with Crippen LogP contribution in [0.1, 0.15) is 24.8 Å². The molecule has 1 atom stereocenters. The molecule has 2 heterocycles. The Bertz CT molecular complexity index is 698. The van der Waals surface area contributed by atoms with E-state index in [9.17, 15) is 18.9 Å². The Labute approximate surface area is 117 Å². The summed E-state index contributed by atoms with van der Waals surface area (Å²) >= 11 is 0. The highest BCUT2D eigenvalue weighted by molar-refractivity contribution is 5.61. The van der Waals surface area contributed by atoms with Gasteiger partial charge in [-0.1, -0.05) is 5.16 Å². The lowest BCUT2D eigenvalue weighted by atomic mass is 10.1. The summed E-state index contributed by atoms with van der Waals surface area (Å²) < 4.78 is 32.8. The van der Waals surface area contributed by atoms with Crippen molar-refractivity contribution in [1.82, 2.24) is 15.5 Å². The van der Waals surface area contributed by atoms with E-state index in [0.29, 0.717) is 0 Å². The van der Waals surface area contributed by atoms with Crippen molar-refractivity contribution in [1.29, 1.82) is 0 Å². The van der Waals surface area contributed by atoms with Crippen molar-refractivity contribution in [2.45, 2.75) is 18.9 Å². The van der Waals surface area contributed by atoms with Crippen LogP contribution in [0.3, 0.4) is 0 Å². The topological polar surface area (TPSA) is 94.1 Å². The molecule has 21 heavy (non-hydrogen) atoms. The minimum atomic E-state index is -1.31. The van der Waals surface area contributed by atoms with E-state index >= 15 is 0 Å². The highest BCUT2D eigenvalue weighted by Crippen LogP contribution is 2.31. The van der Waals surface area contributed by atoms with E-state index in [0.717, 1.165) is 31.5 Å². The molecule has 3 rings (SSSR count). The molecule has 1 fully saturated rings. The predicted molar refractivity (Wildman–Crippen MR) is 66.3 cm³/mol. The van der Waals surface area contributed by atoms with Crippen molar-refractivity contribution in [3.05, 3.63) is 39.8 Å². The summed E-state index contributed by atoms with van der Waals surface area (Å²) in [6.07, 6.45) is 1.71. The third kappa shape index (κ3) is 2.35. The molecule has 0 radical (unpaired) electrons. The van der Waals surface area contributed by atoms with Crippen LogP contribution < -0.4 is 5.32 Å². The molecule has 0 unspecified atom stereocenters. The van der Waals surface area contributed by atoms with E-state index in [1.807, 2.05) is 0 Å². The molecule has 0 aliphatic carbocycles. The Morgan fingerprint density at radius 1 is 1.43 bits per heavy atom. The average molecular weight is 296 g/mol. The maximum Gasteiger partial charge on any atom is 0.305 e. The Morgan fingerprint density at radius 2 is 2.24 bits per heavy atom. The van der Waals surface area contributed by atoms with Crippen LogP contribution in [-0.2, 0) is 0 Å². The van der Waals surface area contributed by atoms with Gasteiger partial charge in [0.2, 0.25) is 17.5 Å². The zero-order valence-electron chi connectivity index (χ0n) is 10.7. The Balaban J connectivity index is 2.04. The van der Waals surface area contributed by atoms with Crippen molar-refractivity contribution < 1.29 is 18.2 Å². The van der Waals surface area contributed by atoms with E-state index < -0.39 is 27.8 Å². The number of halogens is 2. The summed E-state index contributed by atoms with van der Waals surface area (Å²) in [5.41, 5.74) is -1.49. The molecule has 1 saturated heterocycles. The number of hydrogen-bond donors (Lipinski definition) is 1. The van der Waals surface area contributed by atoms with E-state index in [1.54, 1.807) is 0 Å². The standard InChI is InChI=1S/C12H10F2N4O3/c13-6-3-4-8(18(19)20)10(14)9(6)11-16-12(21-17-11)7-2-1-5-15-7/h3-4,7,15H,1-2,5H2/t7-/m1/s1. The van der Waals surface area contributed by atoms with Crippen molar-refractivity contribution in [2.75, 3.05) is 6.54 Å². The molecule has 2 aromatic rings. The lowest BCUT2D eigenvalue weighted by Gasteiger charge is -2.02. The normalized spacial score (nSPS) is 18.1. The molecule has 0 bridgehead atoms. The number of nitrogens with one attached hydrogen (secondary N) is 1. The van der Waals surface area contributed by atoms with Gasteiger partial charge in [-0.3, -0.25) is 10.1 Å². The quantitative estimate of drug-likeness (QED) is 0.690. The second-order valence-electron chi connectivity index (χ2n) is 4.62. The van der Waals surface area contributed by atoms with Crippen LogP contribution >= 0.6 is 0 Å². The number of aromatic nitrogens is 2. The van der Waals surface area contributed by atoms with Crippen LogP contribution in [0.2, 0.25) is 0 Å². The number of hydrogen-bond acceptors (Lipinski definition) is 6. The van der Waals surface area contributed by atoms with E-state index in [4.69, 9.17) is 4.52 Å². The second-order valence-corrected chi connectivity index (χ2v) is 4.62. The van der Waals surface area contributed by atoms with Gasteiger partial charge in [-0.15, -0.1) is 0 Å². The Hall–Kier alpha value is -2.42. The maximum atomic E-state index is 14.0. The van der Waals surface area contributed by atoms with Gasteiger partial charge in [-0.25, -0.2) is 4.39 Å². The van der Waals surface area contributed by atoms with Crippen molar-refractivity contribution in [3.8, 4) is 11.4 Å². The molecular weight excluding hydrogens is 286 g/mol. The van der Waals surface area contributed by atoms with Crippen molar-refractivity contribution >= 4 is 5.69 Å². The van der Waals surface area contributed by atoms with Gasteiger partial charge in [-0.2, -0.15) is 9.37 Å². The fourth-order valence-corrected chi connectivity index (χ4v) is 2.26. The molecule has 7 nitrogen and oxygen atoms in total. The third-order valence-corrected chi connectivity index (χ3v) is 3.29. The smallest absolute Gasteiger partial charge is 0.305 e. The third-order valence-electron chi connectivity index (χ3n) is 3.29. The molecule has 110 valence electrons. The van der Waals surface area contributed by atoms with Crippen LogP contribution in [0.4, 0.5) is 14.5 Å². The van der Waals surface area contributed by atoms with Gasteiger partial charge in [0.1, 0.15) is 11.4 Å². The van der Waals surface area contributed by atoms with Crippen LogP contribution in [0.5, 0.6) is 0 Å². The minimum absolute atomic E-state index is 0.156. The molecule has 0 spiro atoms. The minimum Gasteiger partial charge on any atom is -0.337 e. The summed E-state index contributed by atoms with van der Waals surface area (Å²) in [7, 11) is 0. The van der Waals surface area contributed by atoms with Gasteiger partial charge in [-0.05, 0) is 25.5 Å². The van der Waals surface area contributed by atoms with Gasteiger partial charge in [0, 0.05) is 6.07 Å². The molecular formula is C12H10F2N4O3. The fraction of sp³-hybridized carbons (Fsp3) is 0.333. The Morgan fingerprint density at radius 3 is 2.90 bits per heavy atom. The monoisotopic (exact) mass is 296 g/mol. The first-order valence-electron chi connectivity index (χ1n) is 6.27. The molecule has 1 aromatic heterocycles. The van der Waals surface area contributed by atoms with E-state index in [-0.39, 0.29) is 17.8 Å². The SMILES string of the molecule is O=[N+]([O-])c1ccc(F)c(-c2noc([C@H]3CCCN3)n2)c1F. The highest BCUT2D eigenvalue weighted by Gasteiger charge is 2.28. The van der Waals surface area contributed by atoms with E-state index in [1.165, 1.54) is 0 Å². The molecule has 9 heteroatoms. The van der Waals surface area contributed by atoms with Gasteiger partial charge >= 0.3 is 5.69 Å². The van der Waals surface area contributed by atoms with Gasteiger partial charge < -0.3 is 9.84 Å². The molecule has 0 saturated carbocycles. The first kappa shape index (κ1) is 13.6. The second kappa shape index (κ2) is 5.17. The summed E-state index contributed by atoms with van der Waals surface area (Å²) in [6.45, 7) is 0.794. The van der Waals surface area contributed by atoms with Crippen LogP contribution in [-0.4, -0.2) is 21.6 Å². The van der Waals surface area contributed by atoms with Crippen molar-refractivity contribution in [3.63, 3.8) is 0 Å². The summed E-state index contributed by atoms with van der Waals surface area (Å²) in [5.74, 6) is -2.42. The van der Waals surface area contributed by atoms with Crippen LogP contribution in [0.15, 0.2) is 16.7 Å². The lowest BCUT2D eigenvalue weighted by molar-refractivity contribution is -0.387. The van der Waals surface area contributed by atoms with Crippen LogP contribution in [0, 0.1) is 21.7 Å². The maximum absolute atomic E-state index is 14.0. The average Bonchev–Trinajstić information content (AvgIpc) is 3.09. The number of nitro groups is 1. The zero-order chi connectivity index (χ0) is 15.0. The summed E-state index contributed by atoms with van der Waals surface area (Å²) in [4.78, 5) is 13.7. The molecule has 1 aliphatic heterocycles. The number of benzene rings is 1. The number of rotatable bonds is 3. The Kier molecular flexibility index (Phi) is 3.34. The highest BCUT2D eigenvalue weighted by atomic mass is 19.1. The molecule has 1 N–H and O–H groups in total. The van der Waals surface area contributed by atoms with E-state index in [2.05, 4.69) is 15.5 Å². The fourth-order valence-electron chi connectivity index (χ4n) is 2.26. The largest absolute Gasteiger partial charge is 0.337 e. The first-order valence-corrected chi connectivity index (χ1v) is 6.27. The number of nitrogens with zero attached hydrogens (tertiary/aromatic N) is 3. The summed E-state index contributed by atoms with van der Waals surface area (Å²) in [5, 5.41) is 17.3. The zero-order valence-corrected chi connectivity index (χ0v) is 10.7. The molecule has 1 aliphatic rings. The predicted octanol–water partition coefficient (Wildman–Crippen LogP) is 2.35. The molecule has 1 aromatic carbocycles. The first-order chi connectivity index (χ1) is 10.1. The van der Waals surface area contributed by atoms with Crippen molar-refractivity contribution in [2.24, 2.45) is 0 Å². The molecule has 0 amide bonds. The van der Waals surface area contributed by atoms with Gasteiger partial charge in [0.15, 0.2) is 0 Å². The lowest BCUT2D eigenvalue weighted by Crippen LogP contribution is -2.13. The van der Waals surface area contributed by atoms with Gasteiger partial charge in [0.05, 0.1) is 11.0 Å². The van der Waals surface area contributed by atoms with Crippen LogP contribution in [0.25, 0.3) is 11.4 Å².